The molecule has 1 unspecified atom stereocenters. The van der Waals surface area contributed by atoms with Crippen LogP contribution in [-0.2, 0) is 15.0 Å². The molecule has 1 atom stereocenters. The molecule has 2 N–H and O–H groups in total. The van der Waals surface area contributed by atoms with Gasteiger partial charge in [-0.2, -0.15) is 5.10 Å². The van der Waals surface area contributed by atoms with Crippen LogP contribution in [0.1, 0.15) is 18.9 Å². The first-order valence-electron chi connectivity index (χ1n) is 6.39. The molecular weight excluding hydrogens is 270 g/mol. The molecule has 0 spiro atoms. The summed E-state index contributed by atoms with van der Waals surface area (Å²) in [4.78, 5) is 23.7. The van der Waals surface area contributed by atoms with Crippen molar-refractivity contribution in [1.82, 2.24) is 10.2 Å². The van der Waals surface area contributed by atoms with Crippen molar-refractivity contribution < 1.29 is 14.7 Å². The van der Waals surface area contributed by atoms with Crippen LogP contribution >= 0.6 is 0 Å². The molecule has 0 aliphatic heterocycles. The van der Waals surface area contributed by atoms with Gasteiger partial charge in [-0.1, -0.05) is 30.3 Å². The van der Waals surface area contributed by atoms with E-state index >= 15 is 0 Å². The van der Waals surface area contributed by atoms with Crippen LogP contribution in [0.25, 0.3) is 0 Å². The zero-order valence-electron chi connectivity index (χ0n) is 11.5. The number of hydrogen-bond donors (Lipinski definition) is 2. The lowest BCUT2D eigenvalue weighted by atomic mass is 9.79. The Bertz CT molecular complexity index is 631. The Morgan fingerprint density at radius 3 is 2.48 bits per heavy atom. The number of aromatic nitrogens is 2. The van der Waals surface area contributed by atoms with E-state index in [0.29, 0.717) is 11.4 Å². The molecule has 1 aromatic carbocycles. The minimum atomic E-state index is -1.30. The molecule has 0 bridgehead atoms. The summed E-state index contributed by atoms with van der Waals surface area (Å²) >= 11 is 0. The number of nitrogens with zero attached hydrogens (tertiary/aromatic N) is 2. The maximum absolute atomic E-state index is 12.1. The molecule has 6 nitrogen and oxygen atoms in total. The summed E-state index contributed by atoms with van der Waals surface area (Å²) in [6, 6.07) is 11.9. The molecule has 1 aromatic heterocycles. The van der Waals surface area contributed by atoms with E-state index in [1.165, 1.54) is 13.1 Å². The highest BCUT2D eigenvalue weighted by Crippen LogP contribution is 2.28. The second-order valence-electron chi connectivity index (χ2n) is 4.84. The highest BCUT2D eigenvalue weighted by Gasteiger charge is 2.37. The number of carbonyl (C=O) groups excluding carboxylic acids is 1. The third-order valence-electron chi connectivity index (χ3n) is 3.24. The monoisotopic (exact) mass is 285 g/mol. The molecule has 2 aromatic rings. The van der Waals surface area contributed by atoms with Crippen LogP contribution in [-0.4, -0.2) is 27.2 Å². The number of hydrogen-bond acceptors (Lipinski definition) is 4. The first-order valence-corrected chi connectivity index (χ1v) is 6.39. The molecular formula is C15H15N3O3. The third kappa shape index (κ3) is 3.42. The highest BCUT2D eigenvalue weighted by molar-refractivity contribution is 5.95. The maximum atomic E-state index is 12.1. The number of anilines is 1. The molecule has 108 valence electrons. The van der Waals surface area contributed by atoms with E-state index in [-0.39, 0.29) is 6.42 Å². The van der Waals surface area contributed by atoms with Crippen molar-refractivity contribution in [3.05, 3.63) is 54.2 Å². The van der Waals surface area contributed by atoms with Crippen LogP contribution < -0.4 is 5.32 Å². The van der Waals surface area contributed by atoms with E-state index in [4.69, 9.17) is 0 Å². The summed E-state index contributed by atoms with van der Waals surface area (Å²) in [6.07, 6.45) is 1.30. The highest BCUT2D eigenvalue weighted by atomic mass is 16.4. The number of aliphatic carboxylic acids is 1. The number of amides is 1. The Kier molecular flexibility index (Phi) is 4.27. The van der Waals surface area contributed by atoms with Gasteiger partial charge in [0, 0.05) is 12.6 Å². The maximum Gasteiger partial charge on any atom is 0.314 e. The summed E-state index contributed by atoms with van der Waals surface area (Å²) in [5.74, 6) is -1.18. The number of carbonyl (C=O) groups is 2. The topological polar surface area (TPSA) is 92.2 Å². The van der Waals surface area contributed by atoms with E-state index in [1.807, 2.05) is 0 Å². The van der Waals surface area contributed by atoms with Gasteiger partial charge in [-0.25, -0.2) is 0 Å². The lowest BCUT2D eigenvalue weighted by Crippen LogP contribution is -2.36. The number of rotatable bonds is 5. The summed E-state index contributed by atoms with van der Waals surface area (Å²) in [7, 11) is 0. The zero-order valence-corrected chi connectivity index (χ0v) is 11.5. The molecule has 0 radical (unpaired) electrons. The fourth-order valence-electron chi connectivity index (χ4n) is 1.98. The zero-order chi connectivity index (χ0) is 15.3. The van der Waals surface area contributed by atoms with Crippen LogP contribution in [0.2, 0.25) is 0 Å². The van der Waals surface area contributed by atoms with Crippen molar-refractivity contribution in [2.45, 2.75) is 18.8 Å². The van der Waals surface area contributed by atoms with Gasteiger partial charge in [0.1, 0.15) is 0 Å². The summed E-state index contributed by atoms with van der Waals surface area (Å²) < 4.78 is 0. The van der Waals surface area contributed by atoms with Crippen molar-refractivity contribution in [2.24, 2.45) is 0 Å². The second-order valence-corrected chi connectivity index (χ2v) is 4.84. The van der Waals surface area contributed by atoms with E-state index in [2.05, 4.69) is 15.5 Å². The number of carboxylic acid groups (broad SMARTS) is 1. The van der Waals surface area contributed by atoms with Crippen molar-refractivity contribution in [1.29, 1.82) is 0 Å². The van der Waals surface area contributed by atoms with Crippen LogP contribution in [0, 0.1) is 0 Å². The summed E-state index contributed by atoms with van der Waals surface area (Å²) in [5.41, 5.74) is -0.722. The SMILES string of the molecule is CC(CC(=O)Nc1cccnn1)(C(=O)O)c1ccccc1. The predicted octanol–water partition coefficient (Wildman–Crippen LogP) is 1.85. The second kappa shape index (κ2) is 6.13. The number of carboxylic acids is 1. The van der Waals surface area contributed by atoms with Gasteiger partial charge in [-0.15, -0.1) is 5.10 Å². The Morgan fingerprint density at radius 2 is 1.90 bits per heavy atom. The predicted molar refractivity (Wildman–Crippen MR) is 76.7 cm³/mol. The average molecular weight is 285 g/mol. The van der Waals surface area contributed by atoms with Gasteiger partial charge >= 0.3 is 5.97 Å². The molecule has 6 heteroatoms. The Balaban J connectivity index is 2.17. The first-order chi connectivity index (χ1) is 10.0. The Hall–Kier alpha value is -2.76. The van der Waals surface area contributed by atoms with Crippen molar-refractivity contribution in [3.63, 3.8) is 0 Å². The van der Waals surface area contributed by atoms with Crippen molar-refractivity contribution >= 4 is 17.7 Å². The molecule has 0 fully saturated rings. The summed E-state index contributed by atoms with van der Waals surface area (Å²) in [6.45, 7) is 1.53. The van der Waals surface area contributed by atoms with Crippen LogP contribution in [0.5, 0.6) is 0 Å². The van der Waals surface area contributed by atoms with Gasteiger partial charge < -0.3 is 10.4 Å². The van der Waals surface area contributed by atoms with Gasteiger partial charge in [0.05, 0.1) is 5.41 Å². The molecule has 1 amide bonds. The molecule has 0 saturated heterocycles. The molecule has 0 saturated carbocycles. The van der Waals surface area contributed by atoms with Crippen molar-refractivity contribution in [2.75, 3.05) is 5.32 Å². The minimum absolute atomic E-state index is 0.192. The van der Waals surface area contributed by atoms with Gasteiger partial charge in [0.15, 0.2) is 5.82 Å². The number of benzene rings is 1. The Labute approximate surface area is 121 Å². The largest absolute Gasteiger partial charge is 0.481 e. The molecule has 21 heavy (non-hydrogen) atoms. The van der Waals surface area contributed by atoms with Gasteiger partial charge in [0.25, 0.3) is 0 Å². The minimum Gasteiger partial charge on any atom is -0.481 e. The lowest BCUT2D eigenvalue weighted by molar-refractivity contribution is -0.145. The van der Waals surface area contributed by atoms with Gasteiger partial charge in [0.2, 0.25) is 5.91 Å². The van der Waals surface area contributed by atoms with Gasteiger partial charge in [-0.05, 0) is 24.6 Å². The normalized spacial score (nSPS) is 13.2. The standard InChI is InChI=1S/C15H15N3O3/c1-15(14(20)21,11-6-3-2-4-7-11)10-13(19)17-12-8-5-9-16-18-12/h2-9H,10H2,1H3,(H,20,21)(H,17,18,19). The molecule has 0 aliphatic carbocycles. The van der Waals surface area contributed by atoms with Crippen LogP contribution in [0.3, 0.4) is 0 Å². The first kappa shape index (κ1) is 14.6. The molecule has 0 aliphatic rings. The fraction of sp³-hybridized carbons (Fsp3) is 0.200. The quantitative estimate of drug-likeness (QED) is 0.874. The van der Waals surface area contributed by atoms with Crippen LogP contribution in [0.15, 0.2) is 48.7 Å². The number of nitrogens with one attached hydrogen (secondary N) is 1. The van der Waals surface area contributed by atoms with E-state index in [1.54, 1.807) is 42.5 Å². The van der Waals surface area contributed by atoms with E-state index in [0.717, 1.165) is 0 Å². The van der Waals surface area contributed by atoms with Crippen LogP contribution in [0.4, 0.5) is 5.82 Å². The Morgan fingerprint density at radius 1 is 1.19 bits per heavy atom. The molecule has 2 rings (SSSR count). The van der Waals surface area contributed by atoms with Crippen molar-refractivity contribution in [3.8, 4) is 0 Å². The average Bonchev–Trinajstić information content (AvgIpc) is 2.48. The fourth-order valence-corrected chi connectivity index (χ4v) is 1.98. The summed E-state index contributed by atoms with van der Waals surface area (Å²) in [5, 5.41) is 19.4. The van der Waals surface area contributed by atoms with E-state index < -0.39 is 17.3 Å². The smallest absolute Gasteiger partial charge is 0.314 e. The third-order valence-corrected chi connectivity index (χ3v) is 3.24. The lowest BCUT2D eigenvalue weighted by Gasteiger charge is -2.24. The molecule has 1 heterocycles. The van der Waals surface area contributed by atoms with Gasteiger partial charge in [-0.3, -0.25) is 9.59 Å². The van der Waals surface area contributed by atoms with E-state index in [9.17, 15) is 14.7 Å².